The van der Waals surface area contributed by atoms with Crippen molar-refractivity contribution in [1.82, 2.24) is 15.0 Å². The number of benzene rings is 2. The van der Waals surface area contributed by atoms with Crippen LogP contribution in [0.2, 0.25) is 0 Å². The summed E-state index contributed by atoms with van der Waals surface area (Å²) in [5, 5.41) is 4.05. The zero-order chi connectivity index (χ0) is 24.4. The molecular weight excluding hydrogens is 469 g/mol. The third-order valence-electron chi connectivity index (χ3n) is 5.66. The molecule has 1 aliphatic heterocycles. The largest absolute Gasteiger partial charge is 0.486 e. The van der Waals surface area contributed by atoms with E-state index in [1.54, 1.807) is 42.9 Å². The van der Waals surface area contributed by atoms with Crippen LogP contribution in [0.4, 0.5) is 21.6 Å². The quantitative estimate of drug-likeness (QED) is 0.396. The van der Waals surface area contributed by atoms with Gasteiger partial charge in [-0.3, -0.25) is 4.98 Å². The molecule has 0 bridgehead atoms. The van der Waals surface area contributed by atoms with E-state index in [-0.39, 0.29) is 6.10 Å². The maximum atomic E-state index is 14.0. The molecule has 1 aliphatic rings. The van der Waals surface area contributed by atoms with E-state index >= 15 is 0 Å². The Bertz CT molecular complexity index is 1500. The number of hydrogen-bond acceptors (Lipinski definition) is 8. The highest BCUT2D eigenvalue weighted by Gasteiger charge is 2.20. The van der Waals surface area contributed by atoms with Gasteiger partial charge in [0.05, 0.1) is 44.7 Å². The molecule has 35 heavy (non-hydrogen) atoms. The Kier molecular flexibility index (Phi) is 6.31. The number of fused-ring (bicyclic) bond motifs is 1. The molecule has 2 atom stereocenters. The zero-order valence-electron chi connectivity index (χ0n) is 19.3. The molecule has 0 saturated carbocycles. The van der Waals surface area contributed by atoms with Crippen molar-refractivity contribution in [2.75, 3.05) is 24.8 Å². The second-order valence-electron chi connectivity index (χ2n) is 8.32. The van der Waals surface area contributed by atoms with E-state index in [2.05, 4.69) is 24.6 Å². The normalized spacial score (nSPS) is 17.2. The average molecular weight is 494 g/mol. The SMILES string of the molecule is Cc1cc(N=S(C)(=O)c2ccncc2)cc2ncnc(Nc3ccc(F)cc3O[C@H]3CCOC3)c12. The van der Waals surface area contributed by atoms with Crippen molar-refractivity contribution in [1.29, 1.82) is 0 Å². The molecule has 5 rings (SSSR count). The number of aromatic nitrogens is 3. The van der Waals surface area contributed by atoms with Gasteiger partial charge in [-0.1, -0.05) is 0 Å². The van der Waals surface area contributed by atoms with Crippen molar-refractivity contribution < 1.29 is 18.1 Å². The molecule has 0 radical (unpaired) electrons. The summed E-state index contributed by atoms with van der Waals surface area (Å²) in [6.45, 7) is 3.01. The zero-order valence-corrected chi connectivity index (χ0v) is 20.1. The molecule has 4 aromatic rings. The van der Waals surface area contributed by atoms with Gasteiger partial charge in [0.1, 0.15) is 29.8 Å². The summed E-state index contributed by atoms with van der Waals surface area (Å²) in [5.41, 5.74) is 2.62. The Hall–Kier alpha value is -3.63. The minimum absolute atomic E-state index is 0.130. The molecular formula is C25H24FN5O3S. The molecule has 1 N–H and O–H groups in total. The summed E-state index contributed by atoms with van der Waals surface area (Å²) in [4.78, 5) is 13.4. The monoisotopic (exact) mass is 493 g/mol. The smallest absolute Gasteiger partial charge is 0.146 e. The minimum atomic E-state index is -2.67. The lowest BCUT2D eigenvalue weighted by Gasteiger charge is -2.17. The Morgan fingerprint density at radius 1 is 1.17 bits per heavy atom. The first-order chi connectivity index (χ1) is 16.9. The summed E-state index contributed by atoms with van der Waals surface area (Å²) in [5.74, 6) is 0.543. The van der Waals surface area contributed by atoms with Crippen molar-refractivity contribution in [3.8, 4) is 5.75 Å². The van der Waals surface area contributed by atoms with Crippen molar-refractivity contribution in [3.63, 3.8) is 0 Å². The molecule has 1 unspecified atom stereocenters. The summed E-state index contributed by atoms with van der Waals surface area (Å²) < 4.78 is 43.1. The van der Waals surface area contributed by atoms with E-state index in [0.717, 1.165) is 17.4 Å². The van der Waals surface area contributed by atoms with Crippen molar-refractivity contribution in [2.45, 2.75) is 24.3 Å². The Morgan fingerprint density at radius 2 is 2.00 bits per heavy atom. The van der Waals surface area contributed by atoms with E-state index < -0.39 is 15.5 Å². The van der Waals surface area contributed by atoms with Crippen LogP contribution in [0, 0.1) is 12.7 Å². The first-order valence-electron chi connectivity index (χ1n) is 11.1. The Balaban J connectivity index is 1.52. The van der Waals surface area contributed by atoms with Gasteiger partial charge in [-0.05, 0) is 48.9 Å². The highest BCUT2D eigenvalue weighted by Crippen LogP contribution is 2.35. The van der Waals surface area contributed by atoms with Crippen LogP contribution in [0.5, 0.6) is 5.75 Å². The van der Waals surface area contributed by atoms with Crippen LogP contribution in [-0.2, 0) is 14.5 Å². The molecule has 0 spiro atoms. The molecule has 180 valence electrons. The van der Waals surface area contributed by atoms with E-state index in [1.807, 2.05) is 13.0 Å². The summed E-state index contributed by atoms with van der Waals surface area (Å²) in [7, 11) is -2.67. The molecule has 1 saturated heterocycles. The van der Waals surface area contributed by atoms with Gasteiger partial charge >= 0.3 is 0 Å². The summed E-state index contributed by atoms with van der Waals surface area (Å²) in [6, 6.07) is 11.4. The number of ether oxygens (including phenoxy) is 2. The topological polar surface area (TPSA) is 98.6 Å². The van der Waals surface area contributed by atoms with Gasteiger partial charge in [0.25, 0.3) is 0 Å². The van der Waals surface area contributed by atoms with E-state index in [1.165, 1.54) is 18.5 Å². The standard InChI is InChI=1S/C25H24FN5O3S/c1-16-11-18(31-35(2,32)20-5-8-27-9-6-20)13-22-24(16)25(29-15-28-22)30-21-4-3-17(26)12-23(21)34-19-7-10-33-14-19/h3-6,8-9,11-13,15,19H,7,10,14H2,1-2H3,(H,28,29,30)/t19-,35?/m0/s1. The predicted octanol–water partition coefficient (Wildman–Crippen LogP) is 5.17. The van der Waals surface area contributed by atoms with Gasteiger partial charge in [-0.25, -0.2) is 18.6 Å². The molecule has 2 aromatic carbocycles. The Morgan fingerprint density at radius 3 is 2.77 bits per heavy atom. The van der Waals surface area contributed by atoms with Crippen molar-refractivity contribution >= 4 is 37.8 Å². The fourth-order valence-corrected chi connectivity index (χ4v) is 5.21. The molecule has 10 heteroatoms. The molecule has 0 aliphatic carbocycles. The van der Waals surface area contributed by atoms with Gasteiger partial charge in [-0.2, -0.15) is 4.36 Å². The van der Waals surface area contributed by atoms with E-state index in [9.17, 15) is 8.60 Å². The van der Waals surface area contributed by atoms with Gasteiger partial charge in [0.2, 0.25) is 0 Å². The average Bonchev–Trinajstić information content (AvgIpc) is 3.34. The van der Waals surface area contributed by atoms with Gasteiger partial charge in [0, 0.05) is 36.5 Å². The maximum Gasteiger partial charge on any atom is 0.146 e. The maximum absolute atomic E-state index is 14.0. The van der Waals surface area contributed by atoms with E-state index in [0.29, 0.717) is 46.6 Å². The van der Waals surface area contributed by atoms with Crippen LogP contribution >= 0.6 is 0 Å². The second kappa shape index (κ2) is 9.55. The van der Waals surface area contributed by atoms with Crippen LogP contribution in [0.1, 0.15) is 12.0 Å². The van der Waals surface area contributed by atoms with Crippen LogP contribution in [-0.4, -0.2) is 44.7 Å². The number of anilines is 2. The van der Waals surface area contributed by atoms with Crippen molar-refractivity contribution in [3.05, 3.63) is 72.6 Å². The molecule has 1 fully saturated rings. The molecule has 2 aromatic heterocycles. The predicted molar refractivity (Wildman–Crippen MR) is 132 cm³/mol. The molecule has 3 heterocycles. The van der Waals surface area contributed by atoms with Crippen molar-refractivity contribution in [2.24, 2.45) is 4.36 Å². The summed E-state index contributed by atoms with van der Waals surface area (Å²) >= 11 is 0. The number of aryl methyl sites for hydroxylation is 1. The lowest BCUT2D eigenvalue weighted by atomic mass is 10.1. The van der Waals surface area contributed by atoms with E-state index in [4.69, 9.17) is 9.47 Å². The first-order valence-corrected chi connectivity index (χ1v) is 13.0. The van der Waals surface area contributed by atoms with Gasteiger partial charge in [-0.15, -0.1) is 0 Å². The Labute approximate surface area is 202 Å². The molecule has 0 amide bonds. The third kappa shape index (κ3) is 5.08. The van der Waals surface area contributed by atoms with Crippen LogP contribution < -0.4 is 10.1 Å². The number of halogens is 1. The van der Waals surface area contributed by atoms with Crippen LogP contribution in [0.25, 0.3) is 10.9 Å². The number of pyridine rings is 1. The van der Waals surface area contributed by atoms with Gasteiger partial charge in [0.15, 0.2) is 0 Å². The minimum Gasteiger partial charge on any atom is -0.486 e. The number of hydrogen-bond donors (Lipinski definition) is 1. The highest BCUT2D eigenvalue weighted by atomic mass is 32.2. The molecule has 8 nitrogen and oxygen atoms in total. The number of nitrogens with one attached hydrogen (secondary N) is 1. The lowest BCUT2D eigenvalue weighted by Crippen LogP contribution is -2.16. The number of nitrogens with zero attached hydrogens (tertiary/aromatic N) is 4. The lowest BCUT2D eigenvalue weighted by molar-refractivity contribution is 0.141. The highest BCUT2D eigenvalue weighted by molar-refractivity contribution is 7.93. The first kappa shape index (κ1) is 23.1. The number of rotatable bonds is 6. The fourth-order valence-electron chi connectivity index (χ4n) is 3.98. The van der Waals surface area contributed by atoms with Crippen LogP contribution in [0.3, 0.4) is 0 Å². The summed E-state index contributed by atoms with van der Waals surface area (Å²) in [6.07, 6.45) is 6.85. The fraction of sp³-hybridized carbons (Fsp3) is 0.240. The second-order valence-corrected chi connectivity index (χ2v) is 10.6. The van der Waals surface area contributed by atoms with Gasteiger partial charge < -0.3 is 14.8 Å². The van der Waals surface area contributed by atoms with Crippen LogP contribution in [0.15, 0.2) is 70.4 Å². The third-order valence-corrected chi connectivity index (χ3v) is 7.37.